The Bertz CT molecular complexity index is 563. The lowest BCUT2D eigenvalue weighted by atomic mass is 10.3. The second-order valence-electron chi connectivity index (χ2n) is 2.73. The van der Waals surface area contributed by atoms with Gasteiger partial charge in [-0.2, -0.15) is 37.0 Å². The molecule has 94 valence electrons. The summed E-state index contributed by atoms with van der Waals surface area (Å²) in [6.45, 7) is 0. The highest BCUT2D eigenvalue weighted by Crippen LogP contribution is 2.20. The first-order chi connectivity index (χ1) is 7.72. The van der Waals surface area contributed by atoms with Gasteiger partial charge in [-0.15, -0.1) is 0 Å². The Morgan fingerprint density at radius 2 is 1.47 bits per heavy atom. The van der Waals surface area contributed by atoms with Crippen molar-refractivity contribution < 1.29 is 26.1 Å². The normalized spacial score (nSPS) is 12.0. The molecule has 10 heteroatoms. The molecule has 2 N–H and O–H groups in total. The van der Waals surface area contributed by atoms with E-state index in [1.54, 1.807) is 0 Å². The number of fused-ring (bicyclic) bond motifs is 1. The maximum atomic E-state index is 10.7. The zero-order valence-corrected chi connectivity index (χ0v) is 8.83. The topological polar surface area (TPSA) is 95.9 Å². The van der Waals surface area contributed by atoms with Crippen LogP contribution in [0.3, 0.4) is 0 Å². The maximum Gasteiger partial charge on any atom is 0.522 e. The highest BCUT2D eigenvalue weighted by Gasteiger charge is 2.44. The van der Waals surface area contributed by atoms with Crippen molar-refractivity contribution in [2.45, 2.75) is 5.51 Å². The fourth-order valence-corrected chi connectivity index (χ4v) is 0.786. The van der Waals surface area contributed by atoms with Crippen molar-refractivity contribution in [3.8, 4) is 0 Å². The molecule has 0 atom stereocenters. The van der Waals surface area contributed by atoms with Gasteiger partial charge in [0.15, 0.2) is 0 Å². The van der Waals surface area contributed by atoms with Gasteiger partial charge >= 0.3 is 15.6 Å². The summed E-state index contributed by atoms with van der Waals surface area (Å²) in [5.41, 5.74) is -3.71. The third-order valence-electron chi connectivity index (χ3n) is 1.52. The number of para-hydroxylation sites is 2. The first-order valence-electron chi connectivity index (χ1n) is 4.01. The molecule has 0 saturated heterocycles. The van der Waals surface area contributed by atoms with E-state index in [4.69, 9.17) is 13.0 Å². The second-order valence-corrected chi connectivity index (χ2v) is 4.15. The van der Waals surface area contributed by atoms with Crippen LogP contribution in [0.4, 0.5) is 13.2 Å². The summed E-state index contributed by atoms with van der Waals surface area (Å²) in [6, 6.07) is 7.70. The Labute approximate surface area is 93.2 Å². The van der Waals surface area contributed by atoms with Gasteiger partial charge in [-0.05, 0) is 12.1 Å². The molecular weight excluding hydrogens is 263 g/mol. The number of hydrogen-bond acceptors (Lipinski definition) is 4. The molecule has 0 saturated carbocycles. The summed E-state index contributed by atoms with van der Waals surface area (Å²) in [6.07, 6.45) is 0. The van der Waals surface area contributed by atoms with Crippen LogP contribution in [0.25, 0.3) is 11.0 Å². The average Bonchev–Trinajstić information content (AvgIpc) is 2.62. The lowest BCUT2D eigenvalue weighted by Gasteiger charge is -1.97. The minimum Gasteiger partial charge on any atom is -0.279 e. The Morgan fingerprint density at radius 1 is 1.12 bits per heavy atom. The molecular formula is C7H6F3N3O3S. The van der Waals surface area contributed by atoms with Crippen LogP contribution in [0, 0.1) is 0 Å². The largest absolute Gasteiger partial charge is 0.522 e. The summed E-state index contributed by atoms with van der Waals surface area (Å²) < 4.78 is 57.5. The van der Waals surface area contributed by atoms with Gasteiger partial charge in [-0.3, -0.25) is 4.55 Å². The van der Waals surface area contributed by atoms with Crippen LogP contribution < -0.4 is 0 Å². The SMILES string of the molecule is O=S(=O)(O)C(F)(F)F.c1ccc2n[nH]nc2c1. The highest BCUT2D eigenvalue weighted by atomic mass is 32.2. The Kier molecular flexibility index (Phi) is 3.68. The van der Waals surface area contributed by atoms with Crippen LogP contribution in [-0.2, 0) is 10.1 Å². The van der Waals surface area contributed by atoms with Gasteiger partial charge in [0.25, 0.3) is 0 Å². The number of H-pyrrole nitrogens is 1. The minimum atomic E-state index is -5.84. The predicted octanol–water partition coefficient (Wildman–Crippen LogP) is 1.35. The van der Waals surface area contributed by atoms with Crippen LogP contribution >= 0.6 is 0 Å². The van der Waals surface area contributed by atoms with Gasteiger partial charge in [0.2, 0.25) is 0 Å². The number of nitrogens with one attached hydrogen (secondary N) is 1. The van der Waals surface area contributed by atoms with Crippen molar-refractivity contribution >= 4 is 21.2 Å². The number of nitrogens with zero attached hydrogens (tertiary/aromatic N) is 2. The van der Waals surface area contributed by atoms with Crippen molar-refractivity contribution in [2.75, 3.05) is 0 Å². The molecule has 1 aromatic heterocycles. The van der Waals surface area contributed by atoms with Crippen LogP contribution in [0.15, 0.2) is 24.3 Å². The molecule has 1 aromatic carbocycles. The van der Waals surface area contributed by atoms with Gasteiger partial charge in [0.1, 0.15) is 11.0 Å². The fourth-order valence-electron chi connectivity index (χ4n) is 0.786. The summed E-state index contributed by atoms with van der Waals surface area (Å²) >= 11 is 0. The van der Waals surface area contributed by atoms with Crippen molar-refractivity contribution in [3.05, 3.63) is 24.3 Å². The number of hydrogen-bond donors (Lipinski definition) is 2. The van der Waals surface area contributed by atoms with E-state index in [1.807, 2.05) is 24.3 Å². The average molecular weight is 269 g/mol. The highest BCUT2D eigenvalue weighted by molar-refractivity contribution is 7.86. The molecule has 0 bridgehead atoms. The summed E-state index contributed by atoms with van der Waals surface area (Å²) in [5, 5.41) is 10.3. The third-order valence-corrected chi connectivity index (χ3v) is 2.10. The van der Waals surface area contributed by atoms with Crippen molar-refractivity contribution in [2.24, 2.45) is 0 Å². The monoisotopic (exact) mass is 269 g/mol. The van der Waals surface area contributed by atoms with Gasteiger partial charge in [0, 0.05) is 0 Å². The molecule has 0 aliphatic carbocycles. The maximum absolute atomic E-state index is 10.7. The molecule has 17 heavy (non-hydrogen) atoms. The fraction of sp³-hybridized carbons (Fsp3) is 0.143. The van der Waals surface area contributed by atoms with Gasteiger partial charge in [-0.25, -0.2) is 0 Å². The minimum absolute atomic E-state index is 0.914. The summed E-state index contributed by atoms with van der Waals surface area (Å²) in [4.78, 5) is 0. The van der Waals surface area contributed by atoms with E-state index in [0.29, 0.717) is 0 Å². The molecule has 0 aliphatic rings. The number of benzene rings is 1. The number of aromatic nitrogens is 3. The first kappa shape index (κ1) is 13.4. The molecule has 0 aliphatic heterocycles. The standard InChI is InChI=1S/C6H5N3.CHF3O3S/c1-2-4-6-5(3-1)7-9-8-6;2-1(3,4)8(5,6)7/h1-4H,(H,7,8,9);(H,5,6,7). The van der Waals surface area contributed by atoms with Gasteiger partial charge in [-0.1, -0.05) is 12.1 Å². The molecule has 0 spiro atoms. The summed E-state index contributed by atoms with van der Waals surface area (Å²) in [5.74, 6) is 0. The molecule has 0 amide bonds. The second kappa shape index (κ2) is 4.67. The molecule has 0 unspecified atom stereocenters. The predicted molar refractivity (Wildman–Crippen MR) is 51.5 cm³/mol. The van der Waals surface area contributed by atoms with Crippen LogP contribution in [0.1, 0.15) is 0 Å². The van der Waals surface area contributed by atoms with Crippen LogP contribution in [-0.4, -0.2) is 33.9 Å². The van der Waals surface area contributed by atoms with Gasteiger partial charge < -0.3 is 0 Å². The van der Waals surface area contributed by atoms with Crippen molar-refractivity contribution in [3.63, 3.8) is 0 Å². The molecule has 1 heterocycles. The zero-order valence-electron chi connectivity index (χ0n) is 8.01. The molecule has 2 aromatic rings. The smallest absolute Gasteiger partial charge is 0.279 e. The Balaban J connectivity index is 0.000000172. The van der Waals surface area contributed by atoms with E-state index in [2.05, 4.69) is 15.4 Å². The number of halogens is 3. The lowest BCUT2D eigenvalue weighted by molar-refractivity contribution is -0.0510. The van der Waals surface area contributed by atoms with E-state index < -0.39 is 15.6 Å². The van der Waals surface area contributed by atoms with E-state index in [1.165, 1.54) is 0 Å². The third kappa shape index (κ3) is 3.67. The first-order valence-corrected chi connectivity index (χ1v) is 5.45. The quantitative estimate of drug-likeness (QED) is 0.556. The molecule has 0 radical (unpaired) electrons. The van der Waals surface area contributed by atoms with Crippen molar-refractivity contribution in [1.82, 2.24) is 15.4 Å². The van der Waals surface area contributed by atoms with Gasteiger partial charge in [0.05, 0.1) is 0 Å². The summed E-state index contributed by atoms with van der Waals surface area (Å²) in [7, 11) is -5.84. The van der Waals surface area contributed by atoms with E-state index in [0.717, 1.165) is 11.0 Å². The van der Waals surface area contributed by atoms with Crippen LogP contribution in [0.5, 0.6) is 0 Å². The van der Waals surface area contributed by atoms with E-state index >= 15 is 0 Å². The lowest BCUT2D eigenvalue weighted by Crippen LogP contribution is -2.21. The Morgan fingerprint density at radius 3 is 1.76 bits per heavy atom. The van der Waals surface area contributed by atoms with Crippen molar-refractivity contribution in [1.29, 1.82) is 0 Å². The molecule has 0 fully saturated rings. The number of aromatic amines is 1. The van der Waals surface area contributed by atoms with E-state index in [9.17, 15) is 13.2 Å². The molecule has 2 rings (SSSR count). The Hall–Kier alpha value is -1.68. The molecule has 6 nitrogen and oxygen atoms in total. The number of rotatable bonds is 0. The van der Waals surface area contributed by atoms with E-state index in [-0.39, 0.29) is 0 Å². The van der Waals surface area contributed by atoms with Crippen LogP contribution in [0.2, 0.25) is 0 Å². The zero-order chi connectivity index (χ0) is 13.1. The number of alkyl halides is 3.